The molecule has 2 rings (SSSR count). The smallest absolute Gasteiger partial charge is 0.141 e. The predicted molar refractivity (Wildman–Crippen MR) is 78.0 cm³/mol. The monoisotopic (exact) mass is 323 g/mol. The fraction of sp³-hybridized carbons (Fsp3) is 0.200. The van der Waals surface area contributed by atoms with Crippen LogP contribution in [0.15, 0.2) is 46.9 Å². The van der Waals surface area contributed by atoms with Crippen LogP contribution in [0.1, 0.15) is 12.5 Å². The van der Waals surface area contributed by atoms with E-state index in [1.807, 2.05) is 18.2 Å². The summed E-state index contributed by atoms with van der Waals surface area (Å²) in [5.41, 5.74) is 1.18. The fourth-order valence-electron chi connectivity index (χ4n) is 1.64. The van der Waals surface area contributed by atoms with E-state index < -0.39 is 0 Å². The molecule has 0 bridgehead atoms. The van der Waals surface area contributed by atoms with Crippen molar-refractivity contribution >= 4 is 15.9 Å². The van der Waals surface area contributed by atoms with Crippen LogP contribution in [0.5, 0.6) is 11.5 Å². The normalized spacial score (nSPS) is 10.5. The van der Waals surface area contributed by atoms with Crippen molar-refractivity contribution < 1.29 is 9.13 Å². The molecule has 0 aliphatic carbocycles. The third-order valence-electron chi connectivity index (χ3n) is 2.62. The lowest BCUT2D eigenvalue weighted by molar-refractivity contribution is 0.477. The molecule has 0 spiro atoms. The van der Waals surface area contributed by atoms with Gasteiger partial charge in [-0.25, -0.2) is 4.39 Å². The molecule has 1 N–H and O–H groups in total. The molecule has 0 aliphatic heterocycles. The molecule has 0 atom stereocenters. The van der Waals surface area contributed by atoms with Crippen molar-refractivity contribution in [2.75, 3.05) is 6.54 Å². The molecule has 0 saturated carbocycles. The molecule has 0 radical (unpaired) electrons. The summed E-state index contributed by atoms with van der Waals surface area (Å²) in [6.45, 7) is 3.83. The van der Waals surface area contributed by atoms with Crippen molar-refractivity contribution in [2.45, 2.75) is 13.5 Å². The van der Waals surface area contributed by atoms with Crippen molar-refractivity contribution in [1.29, 1.82) is 0 Å². The van der Waals surface area contributed by atoms with Crippen molar-refractivity contribution in [1.82, 2.24) is 5.32 Å². The quantitative estimate of drug-likeness (QED) is 0.875. The van der Waals surface area contributed by atoms with Gasteiger partial charge in [-0.05, 0) is 64.4 Å². The largest absolute Gasteiger partial charge is 0.456 e. The minimum atomic E-state index is -0.271. The Bertz CT molecular complexity index is 542. The van der Waals surface area contributed by atoms with Crippen LogP contribution in [0.25, 0.3) is 0 Å². The number of ether oxygens (including phenoxy) is 1. The Morgan fingerprint density at radius 1 is 1.16 bits per heavy atom. The van der Waals surface area contributed by atoms with Gasteiger partial charge in [0.2, 0.25) is 0 Å². The molecule has 0 saturated heterocycles. The molecule has 0 amide bonds. The summed E-state index contributed by atoms with van der Waals surface area (Å²) < 4.78 is 19.4. The van der Waals surface area contributed by atoms with Gasteiger partial charge in [0, 0.05) is 6.54 Å². The molecular formula is C15H15BrFNO. The zero-order valence-corrected chi connectivity index (χ0v) is 12.2. The summed E-state index contributed by atoms with van der Waals surface area (Å²) in [5.74, 6) is 1.06. The number of halogens is 2. The summed E-state index contributed by atoms with van der Waals surface area (Å²) >= 11 is 3.48. The van der Waals surface area contributed by atoms with Crippen LogP contribution in [-0.2, 0) is 6.54 Å². The topological polar surface area (TPSA) is 21.3 Å². The van der Waals surface area contributed by atoms with Gasteiger partial charge in [-0.1, -0.05) is 13.0 Å². The Hall–Kier alpha value is -1.39. The third-order valence-corrected chi connectivity index (χ3v) is 3.24. The van der Waals surface area contributed by atoms with E-state index in [-0.39, 0.29) is 5.82 Å². The molecule has 2 aromatic rings. The Morgan fingerprint density at radius 2 is 1.89 bits per heavy atom. The summed E-state index contributed by atoms with van der Waals surface area (Å²) in [7, 11) is 0. The van der Waals surface area contributed by atoms with Crippen LogP contribution in [0.3, 0.4) is 0 Å². The predicted octanol–water partition coefficient (Wildman–Crippen LogP) is 4.49. The van der Waals surface area contributed by atoms with Gasteiger partial charge in [0.05, 0.1) is 4.47 Å². The van der Waals surface area contributed by atoms with E-state index in [1.54, 1.807) is 12.1 Å². The Balaban J connectivity index is 2.10. The minimum absolute atomic E-state index is 0.271. The average molecular weight is 324 g/mol. The molecule has 2 nitrogen and oxygen atoms in total. The first kappa shape index (κ1) is 14.0. The lowest BCUT2D eigenvalue weighted by atomic mass is 10.2. The Labute approximate surface area is 120 Å². The summed E-state index contributed by atoms with van der Waals surface area (Å²) in [4.78, 5) is 0. The van der Waals surface area contributed by atoms with Gasteiger partial charge in [0.25, 0.3) is 0 Å². The second-order valence-corrected chi connectivity index (χ2v) is 4.96. The fourth-order valence-corrected chi connectivity index (χ4v) is 2.14. The molecule has 19 heavy (non-hydrogen) atoms. The van der Waals surface area contributed by atoms with Gasteiger partial charge in [-0.2, -0.15) is 0 Å². The second-order valence-electron chi connectivity index (χ2n) is 4.10. The van der Waals surface area contributed by atoms with E-state index >= 15 is 0 Å². The molecule has 2 aromatic carbocycles. The molecule has 0 unspecified atom stereocenters. The molecule has 100 valence electrons. The Kier molecular flexibility index (Phi) is 4.93. The summed E-state index contributed by atoms with van der Waals surface area (Å²) in [6.07, 6.45) is 0. The summed E-state index contributed by atoms with van der Waals surface area (Å²) in [5, 5.41) is 3.26. The maximum absolute atomic E-state index is 12.8. The van der Waals surface area contributed by atoms with Crippen molar-refractivity contribution in [3.05, 3.63) is 58.3 Å². The van der Waals surface area contributed by atoms with E-state index in [0.29, 0.717) is 11.5 Å². The number of benzene rings is 2. The van der Waals surface area contributed by atoms with E-state index in [9.17, 15) is 4.39 Å². The SMILES string of the molecule is CCNCc1ccc(Oc2ccc(F)cc2)c(Br)c1. The highest BCUT2D eigenvalue weighted by Crippen LogP contribution is 2.30. The molecule has 0 heterocycles. The van der Waals surface area contributed by atoms with Crippen molar-refractivity contribution in [2.24, 2.45) is 0 Å². The highest BCUT2D eigenvalue weighted by Gasteiger charge is 2.04. The van der Waals surface area contributed by atoms with E-state index in [1.165, 1.54) is 17.7 Å². The molecular weight excluding hydrogens is 309 g/mol. The molecule has 4 heteroatoms. The van der Waals surface area contributed by atoms with E-state index in [4.69, 9.17) is 4.74 Å². The molecule has 0 fully saturated rings. The van der Waals surface area contributed by atoms with Gasteiger partial charge in [-0.3, -0.25) is 0 Å². The highest BCUT2D eigenvalue weighted by molar-refractivity contribution is 9.10. The minimum Gasteiger partial charge on any atom is -0.456 e. The number of nitrogens with one attached hydrogen (secondary N) is 1. The van der Waals surface area contributed by atoms with Crippen molar-refractivity contribution in [3.8, 4) is 11.5 Å². The molecule has 0 aliphatic rings. The van der Waals surface area contributed by atoms with Gasteiger partial charge in [0.15, 0.2) is 0 Å². The Morgan fingerprint density at radius 3 is 2.53 bits per heavy atom. The van der Waals surface area contributed by atoms with Crippen LogP contribution in [0, 0.1) is 5.82 Å². The van der Waals surface area contributed by atoms with Gasteiger partial charge in [-0.15, -0.1) is 0 Å². The van der Waals surface area contributed by atoms with Crippen molar-refractivity contribution in [3.63, 3.8) is 0 Å². The second kappa shape index (κ2) is 6.68. The standard InChI is InChI=1S/C15H15BrFNO/c1-2-18-10-11-3-8-15(14(16)9-11)19-13-6-4-12(17)5-7-13/h3-9,18H,2,10H2,1H3. The maximum atomic E-state index is 12.8. The zero-order chi connectivity index (χ0) is 13.7. The number of hydrogen-bond donors (Lipinski definition) is 1. The average Bonchev–Trinajstić information content (AvgIpc) is 2.41. The van der Waals surface area contributed by atoms with Crippen LogP contribution in [0.4, 0.5) is 4.39 Å². The number of hydrogen-bond acceptors (Lipinski definition) is 2. The van der Waals surface area contributed by atoms with Crippen LogP contribution in [-0.4, -0.2) is 6.54 Å². The van der Waals surface area contributed by atoms with Crippen LogP contribution >= 0.6 is 15.9 Å². The first-order chi connectivity index (χ1) is 9.19. The van der Waals surface area contributed by atoms with Gasteiger partial charge >= 0.3 is 0 Å². The third kappa shape index (κ3) is 4.04. The van der Waals surface area contributed by atoms with E-state index in [2.05, 4.69) is 28.2 Å². The van der Waals surface area contributed by atoms with Crippen LogP contribution < -0.4 is 10.1 Å². The number of rotatable bonds is 5. The maximum Gasteiger partial charge on any atom is 0.141 e. The first-order valence-corrected chi connectivity index (χ1v) is 6.91. The summed E-state index contributed by atoms with van der Waals surface area (Å²) in [6, 6.07) is 11.9. The lowest BCUT2D eigenvalue weighted by Gasteiger charge is -2.09. The van der Waals surface area contributed by atoms with E-state index in [0.717, 1.165) is 17.6 Å². The first-order valence-electron chi connectivity index (χ1n) is 6.11. The highest BCUT2D eigenvalue weighted by atomic mass is 79.9. The van der Waals surface area contributed by atoms with Gasteiger partial charge in [0.1, 0.15) is 17.3 Å². The molecule has 0 aromatic heterocycles. The lowest BCUT2D eigenvalue weighted by Crippen LogP contribution is -2.11. The van der Waals surface area contributed by atoms with Crippen LogP contribution in [0.2, 0.25) is 0 Å². The van der Waals surface area contributed by atoms with Gasteiger partial charge < -0.3 is 10.1 Å². The zero-order valence-electron chi connectivity index (χ0n) is 10.6.